The molecule has 3 heteroatoms. The number of nitrogens with two attached hydrogens (primary N) is 1. The van der Waals surface area contributed by atoms with E-state index in [0.29, 0.717) is 6.54 Å². The smallest absolute Gasteiger partial charge is 0.226 e. The van der Waals surface area contributed by atoms with Gasteiger partial charge in [0.15, 0.2) is 0 Å². The largest absolute Gasteiger partial charge is 0.331 e. The maximum absolute atomic E-state index is 12.2. The van der Waals surface area contributed by atoms with Gasteiger partial charge in [0.2, 0.25) is 5.91 Å². The summed E-state index contributed by atoms with van der Waals surface area (Å²) < 4.78 is 0. The van der Waals surface area contributed by atoms with Crippen LogP contribution >= 0.6 is 0 Å². The van der Waals surface area contributed by atoms with Gasteiger partial charge in [0, 0.05) is 18.5 Å². The molecule has 1 saturated carbocycles. The standard InChI is InChI=1S/C13H22N2O/c1-3-8-15(9-4-2)13(16)11-6-5-7-12(14)10-11/h1,11-12H,4-10,14H2,2H3. The van der Waals surface area contributed by atoms with Crippen molar-refractivity contribution < 1.29 is 4.79 Å². The molecular weight excluding hydrogens is 200 g/mol. The molecule has 90 valence electrons. The molecule has 0 spiro atoms. The summed E-state index contributed by atoms with van der Waals surface area (Å²) in [7, 11) is 0. The number of hydrogen-bond donors (Lipinski definition) is 1. The molecule has 1 fully saturated rings. The quantitative estimate of drug-likeness (QED) is 0.730. The number of hydrogen-bond acceptors (Lipinski definition) is 2. The van der Waals surface area contributed by atoms with E-state index in [1.165, 1.54) is 0 Å². The van der Waals surface area contributed by atoms with Gasteiger partial charge in [0.25, 0.3) is 0 Å². The fourth-order valence-electron chi connectivity index (χ4n) is 2.36. The van der Waals surface area contributed by atoms with Crippen molar-refractivity contribution in [3.8, 4) is 12.3 Å². The molecular formula is C13H22N2O. The summed E-state index contributed by atoms with van der Waals surface area (Å²) in [6.45, 7) is 3.25. The van der Waals surface area contributed by atoms with Crippen molar-refractivity contribution in [1.29, 1.82) is 0 Å². The first-order chi connectivity index (χ1) is 7.69. The molecule has 1 rings (SSSR count). The third kappa shape index (κ3) is 3.53. The van der Waals surface area contributed by atoms with Gasteiger partial charge in [0.1, 0.15) is 0 Å². The summed E-state index contributed by atoms with van der Waals surface area (Å²) in [5, 5.41) is 0. The van der Waals surface area contributed by atoms with Crippen LogP contribution in [0.1, 0.15) is 39.0 Å². The fourth-order valence-corrected chi connectivity index (χ4v) is 2.36. The molecule has 1 aliphatic rings. The van der Waals surface area contributed by atoms with Crippen molar-refractivity contribution in [2.24, 2.45) is 11.7 Å². The Balaban J connectivity index is 2.55. The van der Waals surface area contributed by atoms with Gasteiger partial charge in [0.05, 0.1) is 6.54 Å². The van der Waals surface area contributed by atoms with Gasteiger partial charge in [-0.2, -0.15) is 0 Å². The highest BCUT2D eigenvalue weighted by Gasteiger charge is 2.28. The molecule has 2 atom stereocenters. The Labute approximate surface area is 98.4 Å². The highest BCUT2D eigenvalue weighted by Crippen LogP contribution is 2.24. The first-order valence-corrected chi connectivity index (χ1v) is 6.16. The van der Waals surface area contributed by atoms with Gasteiger partial charge in [-0.3, -0.25) is 4.79 Å². The van der Waals surface area contributed by atoms with E-state index in [2.05, 4.69) is 12.8 Å². The van der Waals surface area contributed by atoms with E-state index in [0.717, 1.165) is 38.6 Å². The third-order valence-electron chi connectivity index (χ3n) is 3.15. The molecule has 0 aromatic heterocycles. The number of terminal acetylenes is 1. The predicted molar refractivity (Wildman–Crippen MR) is 65.6 cm³/mol. The second-order valence-corrected chi connectivity index (χ2v) is 4.59. The van der Waals surface area contributed by atoms with Crippen LogP contribution in [-0.4, -0.2) is 29.9 Å². The lowest BCUT2D eigenvalue weighted by Crippen LogP contribution is -2.41. The normalized spacial score (nSPS) is 24.8. The Morgan fingerprint density at radius 3 is 2.88 bits per heavy atom. The number of amides is 1. The van der Waals surface area contributed by atoms with Gasteiger partial charge in [-0.15, -0.1) is 6.42 Å². The number of rotatable bonds is 4. The van der Waals surface area contributed by atoms with Crippen LogP contribution in [-0.2, 0) is 4.79 Å². The molecule has 0 saturated heterocycles. The lowest BCUT2D eigenvalue weighted by Gasteiger charge is -2.30. The minimum atomic E-state index is 0.101. The van der Waals surface area contributed by atoms with Gasteiger partial charge < -0.3 is 10.6 Å². The Morgan fingerprint density at radius 1 is 1.56 bits per heavy atom. The highest BCUT2D eigenvalue weighted by atomic mass is 16.2. The van der Waals surface area contributed by atoms with Crippen LogP contribution < -0.4 is 5.73 Å². The van der Waals surface area contributed by atoms with Crippen molar-refractivity contribution in [3.05, 3.63) is 0 Å². The molecule has 0 aromatic rings. The molecule has 16 heavy (non-hydrogen) atoms. The molecule has 0 aliphatic heterocycles. The number of nitrogens with zero attached hydrogens (tertiary/aromatic N) is 1. The molecule has 0 aromatic carbocycles. The van der Waals surface area contributed by atoms with Crippen LogP contribution in [0.15, 0.2) is 0 Å². The van der Waals surface area contributed by atoms with Gasteiger partial charge >= 0.3 is 0 Å². The predicted octanol–water partition coefficient (Wildman–Crippen LogP) is 1.38. The highest BCUT2D eigenvalue weighted by molar-refractivity contribution is 5.79. The van der Waals surface area contributed by atoms with E-state index in [-0.39, 0.29) is 17.9 Å². The Bertz CT molecular complexity index is 270. The van der Waals surface area contributed by atoms with Gasteiger partial charge in [-0.1, -0.05) is 19.3 Å². The van der Waals surface area contributed by atoms with Crippen molar-refractivity contribution in [2.45, 2.75) is 45.1 Å². The maximum atomic E-state index is 12.2. The second-order valence-electron chi connectivity index (χ2n) is 4.59. The first kappa shape index (κ1) is 13.1. The molecule has 0 bridgehead atoms. The Kier molecular flexibility index (Phi) is 5.34. The summed E-state index contributed by atoms with van der Waals surface area (Å²) in [5.74, 6) is 2.86. The molecule has 2 unspecified atom stereocenters. The zero-order valence-corrected chi connectivity index (χ0v) is 10.1. The van der Waals surface area contributed by atoms with Crippen LogP contribution in [0, 0.1) is 18.3 Å². The van der Waals surface area contributed by atoms with Crippen LogP contribution in [0.2, 0.25) is 0 Å². The first-order valence-electron chi connectivity index (χ1n) is 6.16. The summed E-state index contributed by atoms with van der Waals surface area (Å²) >= 11 is 0. The molecule has 0 heterocycles. The van der Waals surface area contributed by atoms with E-state index < -0.39 is 0 Å². The lowest BCUT2D eigenvalue weighted by molar-refractivity contribution is -0.136. The van der Waals surface area contributed by atoms with Crippen molar-refractivity contribution in [1.82, 2.24) is 4.90 Å². The monoisotopic (exact) mass is 222 g/mol. The van der Waals surface area contributed by atoms with Crippen molar-refractivity contribution in [2.75, 3.05) is 13.1 Å². The van der Waals surface area contributed by atoms with Crippen molar-refractivity contribution >= 4 is 5.91 Å². The average Bonchev–Trinajstić information content (AvgIpc) is 2.28. The van der Waals surface area contributed by atoms with Gasteiger partial charge in [-0.05, 0) is 25.7 Å². The minimum Gasteiger partial charge on any atom is -0.331 e. The van der Waals surface area contributed by atoms with Crippen LogP contribution in [0.4, 0.5) is 0 Å². The summed E-state index contributed by atoms with van der Waals surface area (Å²) in [6.07, 6.45) is 10.1. The molecule has 3 nitrogen and oxygen atoms in total. The summed E-state index contributed by atoms with van der Waals surface area (Å²) in [6, 6.07) is 0.192. The van der Waals surface area contributed by atoms with Gasteiger partial charge in [-0.25, -0.2) is 0 Å². The van der Waals surface area contributed by atoms with E-state index in [1.807, 2.05) is 0 Å². The van der Waals surface area contributed by atoms with Crippen LogP contribution in [0.5, 0.6) is 0 Å². The van der Waals surface area contributed by atoms with E-state index >= 15 is 0 Å². The SMILES string of the molecule is C#CCN(CCC)C(=O)C1CCCC(N)C1. The zero-order valence-electron chi connectivity index (χ0n) is 10.1. The number of carbonyl (C=O) groups is 1. The second kappa shape index (κ2) is 6.55. The zero-order chi connectivity index (χ0) is 12.0. The van der Waals surface area contributed by atoms with Crippen LogP contribution in [0.3, 0.4) is 0 Å². The average molecular weight is 222 g/mol. The fraction of sp³-hybridized carbons (Fsp3) is 0.769. The Hall–Kier alpha value is -1.01. The van der Waals surface area contributed by atoms with E-state index in [4.69, 9.17) is 12.2 Å². The van der Waals surface area contributed by atoms with Crippen molar-refractivity contribution in [3.63, 3.8) is 0 Å². The molecule has 2 N–H and O–H groups in total. The van der Waals surface area contributed by atoms with Crippen LogP contribution in [0.25, 0.3) is 0 Å². The summed E-state index contributed by atoms with van der Waals surface area (Å²) in [5.41, 5.74) is 5.90. The van der Waals surface area contributed by atoms with E-state index in [1.54, 1.807) is 4.90 Å². The molecule has 1 amide bonds. The maximum Gasteiger partial charge on any atom is 0.226 e. The minimum absolute atomic E-state index is 0.101. The summed E-state index contributed by atoms with van der Waals surface area (Å²) in [4.78, 5) is 14.0. The topological polar surface area (TPSA) is 46.3 Å². The van der Waals surface area contributed by atoms with E-state index in [9.17, 15) is 4.79 Å². The molecule has 0 radical (unpaired) electrons. The number of carbonyl (C=O) groups excluding carboxylic acids is 1. The lowest BCUT2D eigenvalue weighted by atomic mass is 9.85. The Morgan fingerprint density at radius 2 is 2.31 bits per heavy atom. The third-order valence-corrected chi connectivity index (χ3v) is 3.15. The molecule has 1 aliphatic carbocycles.